The van der Waals surface area contributed by atoms with E-state index in [2.05, 4.69) is 43.6 Å². The molecule has 3 rings (SSSR count). The molecular formula is C28H37Cl2F2N3O5. The predicted molar refractivity (Wildman–Crippen MR) is 153 cm³/mol. The fraction of sp³-hybridized carbons (Fsp3) is 0.464. The molecule has 8 nitrogen and oxygen atoms in total. The molecule has 1 fully saturated rings. The number of anilines is 1. The van der Waals surface area contributed by atoms with E-state index in [-0.39, 0.29) is 28.9 Å². The molecule has 0 spiro atoms. The molecule has 0 aliphatic carbocycles. The summed E-state index contributed by atoms with van der Waals surface area (Å²) in [6, 6.07) is 7.34. The zero-order chi connectivity index (χ0) is 30.7. The van der Waals surface area contributed by atoms with E-state index in [4.69, 9.17) is 33.4 Å². The van der Waals surface area contributed by atoms with Crippen molar-refractivity contribution < 1.29 is 33.4 Å². The lowest BCUT2D eigenvalue weighted by Gasteiger charge is -2.33. The van der Waals surface area contributed by atoms with E-state index in [1.54, 1.807) is 12.1 Å². The summed E-state index contributed by atoms with van der Waals surface area (Å²) in [6.07, 6.45) is -0.363. The van der Waals surface area contributed by atoms with Crippen molar-refractivity contribution in [2.75, 3.05) is 25.0 Å². The maximum atomic E-state index is 14.1. The van der Waals surface area contributed by atoms with Crippen LogP contribution in [0, 0.1) is 17.0 Å². The monoisotopic (exact) mass is 603 g/mol. The summed E-state index contributed by atoms with van der Waals surface area (Å²) in [4.78, 5) is 30.5. The fourth-order valence-corrected chi connectivity index (χ4v) is 4.28. The third-order valence-corrected chi connectivity index (χ3v) is 6.36. The summed E-state index contributed by atoms with van der Waals surface area (Å²) in [5.74, 6) is -2.40. The van der Waals surface area contributed by atoms with Gasteiger partial charge in [0.25, 0.3) is 0 Å². The third-order valence-electron chi connectivity index (χ3n) is 5.78. The zero-order valence-electron chi connectivity index (χ0n) is 23.2. The van der Waals surface area contributed by atoms with Crippen LogP contribution in [-0.2, 0) is 19.8 Å². The number of carbonyl (C=O) groups excluding carboxylic acids is 2. The van der Waals surface area contributed by atoms with Crippen LogP contribution in [0.25, 0.3) is 0 Å². The number of aliphatic carboxylic acids is 1. The van der Waals surface area contributed by atoms with Gasteiger partial charge in [-0.2, -0.15) is 0 Å². The van der Waals surface area contributed by atoms with E-state index in [9.17, 15) is 23.2 Å². The Hall–Kier alpha value is -2.79. The predicted octanol–water partition coefficient (Wildman–Crippen LogP) is 5.11. The molecule has 1 aliphatic rings. The molecule has 1 aliphatic heterocycles. The molecule has 0 radical (unpaired) electrons. The van der Waals surface area contributed by atoms with Gasteiger partial charge >= 0.3 is 5.97 Å². The van der Waals surface area contributed by atoms with E-state index < -0.39 is 29.1 Å². The standard InChI is InChI=1S/C18H16Cl2F2N2O.C5H9NO4.C5H12/c1-18(11-5-16(22)14(20)6-17(11)24-9-25)8-23-7-12(18)10-2-3-15(21)13(19)4-10;7-3-6-2-1-4(8)5(9)10;1-5(2,3)4/h2-6,9,12,23H,7-8H2,1H3,(H,24,25);3-4,8H,1-2H2,(H,6,7)(H,9,10);1-4H3. The molecule has 3 unspecified atom stereocenters. The number of amides is 2. The molecule has 222 valence electrons. The average Bonchev–Trinajstić information content (AvgIpc) is 3.25. The molecule has 12 heteroatoms. The summed E-state index contributed by atoms with van der Waals surface area (Å²) in [6.45, 7) is 12.1. The van der Waals surface area contributed by atoms with E-state index in [1.165, 1.54) is 18.2 Å². The first-order chi connectivity index (χ1) is 18.5. The Bertz CT molecular complexity index is 1160. The first kappa shape index (κ1) is 35.2. The van der Waals surface area contributed by atoms with Crippen molar-refractivity contribution in [2.24, 2.45) is 5.41 Å². The highest BCUT2D eigenvalue weighted by Crippen LogP contribution is 2.46. The van der Waals surface area contributed by atoms with Crippen molar-refractivity contribution in [3.8, 4) is 0 Å². The first-order valence-electron chi connectivity index (χ1n) is 12.5. The second-order valence-corrected chi connectivity index (χ2v) is 11.9. The molecule has 3 atom stereocenters. The minimum absolute atomic E-state index is 0.0358. The Morgan fingerprint density at radius 3 is 2.25 bits per heavy atom. The van der Waals surface area contributed by atoms with Crippen LogP contribution in [-0.4, -0.2) is 54.7 Å². The van der Waals surface area contributed by atoms with Crippen molar-refractivity contribution in [1.29, 1.82) is 0 Å². The van der Waals surface area contributed by atoms with Gasteiger partial charge in [0.1, 0.15) is 11.6 Å². The number of aliphatic hydroxyl groups excluding tert-OH is 1. The lowest BCUT2D eigenvalue weighted by atomic mass is 9.70. The fourth-order valence-electron chi connectivity index (χ4n) is 3.93. The minimum Gasteiger partial charge on any atom is -0.479 e. The van der Waals surface area contributed by atoms with Gasteiger partial charge in [0.05, 0.1) is 10.0 Å². The quantitative estimate of drug-likeness (QED) is 0.200. The number of carboxylic acids is 1. The van der Waals surface area contributed by atoms with Gasteiger partial charge in [-0.25, -0.2) is 13.6 Å². The van der Waals surface area contributed by atoms with Crippen molar-refractivity contribution in [3.63, 3.8) is 0 Å². The highest BCUT2D eigenvalue weighted by atomic mass is 35.5. The van der Waals surface area contributed by atoms with Gasteiger partial charge in [-0.3, -0.25) is 9.59 Å². The van der Waals surface area contributed by atoms with E-state index in [1.807, 2.05) is 6.92 Å². The number of hydrogen-bond donors (Lipinski definition) is 5. The summed E-state index contributed by atoms with van der Waals surface area (Å²) in [5.41, 5.74) is 1.87. The Morgan fingerprint density at radius 1 is 1.12 bits per heavy atom. The first-order valence-corrected chi connectivity index (χ1v) is 13.2. The van der Waals surface area contributed by atoms with Crippen molar-refractivity contribution in [3.05, 3.63) is 63.1 Å². The van der Waals surface area contributed by atoms with E-state index in [0.717, 1.165) is 5.56 Å². The zero-order valence-corrected chi connectivity index (χ0v) is 24.7. The van der Waals surface area contributed by atoms with Crippen molar-refractivity contribution in [2.45, 2.75) is 58.5 Å². The summed E-state index contributed by atoms with van der Waals surface area (Å²) < 4.78 is 27.6. The van der Waals surface area contributed by atoms with Crippen molar-refractivity contribution >= 4 is 47.7 Å². The van der Waals surface area contributed by atoms with E-state index in [0.29, 0.717) is 42.6 Å². The number of hydrogen-bond acceptors (Lipinski definition) is 5. The van der Waals surface area contributed by atoms with Gasteiger partial charge in [-0.15, -0.1) is 0 Å². The number of carboxylic acid groups (broad SMARTS) is 1. The molecule has 1 heterocycles. The topological polar surface area (TPSA) is 128 Å². The van der Waals surface area contributed by atoms with Crippen LogP contribution in [0.15, 0.2) is 30.3 Å². The van der Waals surface area contributed by atoms with Crippen LogP contribution in [0.2, 0.25) is 10.0 Å². The van der Waals surface area contributed by atoms with Gasteiger partial charge < -0.3 is 26.2 Å². The maximum absolute atomic E-state index is 14.1. The highest BCUT2D eigenvalue weighted by Gasteiger charge is 2.43. The molecule has 0 saturated carbocycles. The van der Waals surface area contributed by atoms with Gasteiger partial charge in [0, 0.05) is 43.1 Å². The van der Waals surface area contributed by atoms with Crippen LogP contribution in [0.5, 0.6) is 0 Å². The molecule has 1 saturated heterocycles. The Morgan fingerprint density at radius 2 is 1.73 bits per heavy atom. The normalized spacial score (nSPS) is 18.8. The lowest BCUT2D eigenvalue weighted by molar-refractivity contribution is -0.146. The second-order valence-electron chi connectivity index (χ2n) is 11.1. The Labute approximate surface area is 243 Å². The van der Waals surface area contributed by atoms with E-state index >= 15 is 0 Å². The lowest BCUT2D eigenvalue weighted by Crippen LogP contribution is -2.31. The van der Waals surface area contributed by atoms with Crippen LogP contribution < -0.4 is 16.0 Å². The SMILES string of the molecule is CC(C)(C)C.CC1(c2cc(F)c(Cl)cc2NC=O)CNCC1c1ccc(F)c(Cl)c1.O=CNCCC(O)C(=O)O. The third kappa shape index (κ3) is 11.0. The number of halogens is 4. The van der Waals surface area contributed by atoms with Crippen LogP contribution in [0.4, 0.5) is 14.5 Å². The molecule has 0 bridgehead atoms. The van der Waals surface area contributed by atoms with Gasteiger partial charge in [0.2, 0.25) is 12.8 Å². The smallest absolute Gasteiger partial charge is 0.332 e. The van der Waals surface area contributed by atoms with Gasteiger partial charge in [-0.1, -0.05) is 63.9 Å². The molecule has 2 aromatic carbocycles. The maximum Gasteiger partial charge on any atom is 0.332 e. The average molecular weight is 605 g/mol. The Balaban J connectivity index is 0.000000443. The molecule has 0 aromatic heterocycles. The van der Waals surface area contributed by atoms with Crippen molar-refractivity contribution in [1.82, 2.24) is 10.6 Å². The van der Waals surface area contributed by atoms with Crippen LogP contribution in [0.1, 0.15) is 58.1 Å². The number of carbonyl (C=O) groups is 3. The molecule has 5 N–H and O–H groups in total. The van der Waals surface area contributed by atoms with Gasteiger partial charge in [-0.05, 0) is 40.8 Å². The number of rotatable bonds is 9. The largest absolute Gasteiger partial charge is 0.479 e. The molecule has 2 amide bonds. The minimum atomic E-state index is -1.38. The second kappa shape index (κ2) is 15.9. The summed E-state index contributed by atoms with van der Waals surface area (Å²) in [5, 5.41) is 24.8. The highest BCUT2D eigenvalue weighted by molar-refractivity contribution is 6.31. The summed E-state index contributed by atoms with van der Waals surface area (Å²) >= 11 is 11.8. The van der Waals surface area contributed by atoms with Crippen LogP contribution in [0.3, 0.4) is 0 Å². The van der Waals surface area contributed by atoms with Gasteiger partial charge in [0.15, 0.2) is 6.10 Å². The molecular weight excluding hydrogens is 567 g/mol. The number of aliphatic hydroxyl groups is 1. The van der Waals surface area contributed by atoms with Crippen LogP contribution >= 0.6 is 23.2 Å². The molecule has 40 heavy (non-hydrogen) atoms. The summed E-state index contributed by atoms with van der Waals surface area (Å²) in [7, 11) is 0. The molecule has 2 aromatic rings. The number of benzene rings is 2. The Kier molecular flexibility index (Phi) is 14.0. The number of nitrogens with one attached hydrogen (secondary N) is 3.